The molecule has 25 heteroatoms. The fraction of sp³-hybridized carbons (Fsp3) is 0.0777. The third-order valence-electron chi connectivity index (χ3n) is 25.4. The van der Waals surface area contributed by atoms with Gasteiger partial charge in [-0.2, -0.15) is 13.7 Å². The number of pyridine rings is 10. The Morgan fingerprint density at radius 2 is 0.641 bits per heavy atom. The van der Waals surface area contributed by atoms with Gasteiger partial charge in [-0.3, -0.25) is 38.6 Å². The van der Waals surface area contributed by atoms with Gasteiger partial charge in [0.25, 0.3) is 34.4 Å². The number of aromatic nitrogens is 23. The van der Waals surface area contributed by atoms with E-state index in [4.69, 9.17) is 23.5 Å². The fourth-order valence-corrected chi connectivity index (χ4v) is 21.3. The minimum absolute atomic E-state index is 0.621. The zero-order valence-corrected chi connectivity index (χ0v) is 69.7. The third-order valence-corrected chi connectivity index (χ3v) is 26.6. The van der Waals surface area contributed by atoms with Crippen LogP contribution in [0.3, 0.4) is 0 Å². The molecule has 25 aromatic rings. The number of benzene rings is 5. The molecule has 0 bridgehead atoms. The maximum Gasteiger partial charge on any atom is 0.340 e. The number of thiophene rings is 1. The summed E-state index contributed by atoms with van der Waals surface area (Å²) in [5.41, 5.74) is 30.0. The van der Waals surface area contributed by atoms with Crippen molar-refractivity contribution >= 4 is 120 Å². The summed E-state index contributed by atoms with van der Waals surface area (Å²) in [7, 11) is 4.08. The number of furan rings is 1. The average molecular weight is 1680 g/mol. The fourth-order valence-electron chi connectivity index (χ4n) is 20.2. The van der Waals surface area contributed by atoms with E-state index >= 15 is 0 Å². The number of nitrogens with zero attached hydrogens (tertiary/aromatic N) is 23. The van der Waals surface area contributed by atoms with E-state index in [1.165, 1.54) is 80.5 Å². The van der Waals surface area contributed by atoms with Crippen molar-refractivity contribution in [1.29, 1.82) is 0 Å². The predicted molar refractivity (Wildman–Crippen MR) is 493 cm³/mol. The van der Waals surface area contributed by atoms with Crippen molar-refractivity contribution in [3.05, 3.63) is 363 Å². The standard InChI is InChI=1S/C26H18N5.C21H16N5.C20H13N4O.C20H13N4S.C16H14N5/c1-3-9-19(10-4-1)30-22-16-27-15-13-21(22)24-26(30)29-17-18-8-7-14-28-23(18)25(29)31(24)20-11-5-2-6-12-20;1-24-17-12-22-11-9-16(17)19-21(24)25-13-14-6-5-10-23-18(14)20(25)26(19)15-7-3-2-4-8-15;2*1-2-6-14(7-3-1)24-18-15-8-10-21-11-16(15)25-20(18)23-12-13-5-4-9-22-17(13)19(23)24;1-19-12-8-17-7-5-11(12)14-16(19)21-9-10-4-3-6-18-13(10)15(21)20(14)2/h1-16H,17H2;2-12H,13H2,1H3;2*1-11H,12H2;3-8H,9H2,1-2H3/q5*+1/i;;;;1D3. The van der Waals surface area contributed by atoms with E-state index in [9.17, 15) is 0 Å². The van der Waals surface area contributed by atoms with Gasteiger partial charge in [-0.25, -0.2) is 56.9 Å². The Labute approximate surface area is 736 Å². The second-order valence-corrected chi connectivity index (χ2v) is 33.4. The van der Waals surface area contributed by atoms with Gasteiger partial charge in [0, 0.05) is 101 Å². The van der Waals surface area contributed by atoms with Crippen molar-refractivity contribution in [2.45, 2.75) is 32.7 Å². The summed E-state index contributed by atoms with van der Waals surface area (Å²) in [6.45, 7) is 1.61. The van der Waals surface area contributed by atoms with Gasteiger partial charge >= 0.3 is 17.4 Å². The molecule has 5 aromatic carbocycles. The lowest BCUT2D eigenvalue weighted by atomic mass is 10.2. The second kappa shape index (κ2) is 28.6. The molecule has 5 aliphatic heterocycles. The van der Waals surface area contributed by atoms with Crippen molar-refractivity contribution in [1.82, 2.24) is 86.4 Å². The number of fused-ring (bicyclic) bond motifs is 35. The van der Waals surface area contributed by atoms with Gasteiger partial charge in [0.2, 0.25) is 10.3 Å². The van der Waals surface area contributed by atoms with Gasteiger partial charge in [0.15, 0.2) is 39.0 Å². The summed E-state index contributed by atoms with van der Waals surface area (Å²) in [6.07, 6.45) is 27.6. The van der Waals surface area contributed by atoms with Crippen molar-refractivity contribution in [2.24, 2.45) is 21.1 Å². The summed E-state index contributed by atoms with van der Waals surface area (Å²) < 4.78 is 60.2. The van der Waals surface area contributed by atoms with E-state index < -0.39 is 6.98 Å². The van der Waals surface area contributed by atoms with Crippen LogP contribution < -0.4 is 22.8 Å². The molecule has 30 rings (SSSR count). The third kappa shape index (κ3) is 10.7. The van der Waals surface area contributed by atoms with Crippen LogP contribution >= 0.6 is 11.3 Å². The monoisotopic (exact) mass is 1680 g/mol. The average Bonchev–Trinajstić information content (AvgIpc) is 1.53. The lowest BCUT2D eigenvalue weighted by molar-refractivity contribution is -0.652. The molecular formula is C103H74N23OS+5. The smallest absolute Gasteiger partial charge is 0.340 e. The van der Waals surface area contributed by atoms with Gasteiger partial charge in [0.1, 0.15) is 75.2 Å². The highest BCUT2D eigenvalue weighted by Crippen LogP contribution is 2.45. The van der Waals surface area contributed by atoms with Gasteiger partial charge in [-0.05, 0) is 121 Å². The summed E-state index contributed by atoms with van der Waals surface area (Å²) in [4.78, 5) is 46.0. The van der Waals surface area contributed by atoms with Gasteiger partial charge in [-0.15, -0.1) is 0 Å². The maximum absolute atomic E-state index is 8.02. The summed E-state index contributed by atoms with van der Waals surface area (Å²) in [6, 6.07) is 83.3. The molecule has 0 saturated heterocycles. The first kappa shape index (κ1) is 69.6. The highest BCUT2D eigenvalue weighted by molar-refractivity contribution is 7.25. The molecule has 128 heavy (non-hydrogen) atoms. The Kier molecular flexibility index (Phi) is 15.5. The molecule has 0 radical (unpaired) electrons. The number of aryl methyl sites for hydroxylation is 3. The molecule has 0 fully saturated rings. The van der Waals surface area contributed by atoms with Crippen LogP contribution in [0.5, 0.6) is 0 Å². The first-order chi connectivity index (χ1) is 64.6. The SMILES string of the molecule is Cn1c2cnccc2c2c1[n+]1c(n2-c2ccccc2)-c2ncccc2C1.[2H]C([2H])([2H])n1c2cnccc2c2c1[n+]1c(n2C)-c2ncccc2C1.c1ccc(-n2c3[n+](c4c2c2ccncc2n4-c2ccccc2)Cc2cccnc2-3)cc1.c1ccc(-n2c3[n+](c4oc5cnccc5c42)Cc2cccnc2-3)cc1.c1ccc(-n2c3[n+](c4sc5cnccc5c42)Cc2cccnc2-3)cc1. The normalized spacial score (nSPS) is 13.1. The molecular weight excluding hydrogens is 1610 g/mol. The lowest BCUT2D eigenvalue weighted by Crippen LogP contribution is -2.33. The zero-order chi connectivity index (χ0) is 87.0. The van der Waals surface area contributed by atoms with Crippen molar-refractivity contribution in [3.8, 4) is 86.0 Å². The Balaban J connectivity index is 0.0000000863. The van der Waals surface area contributed by atoms with E-state index in [-0.39, 0.29) is 0 Å². The molecule has 0 unspecified atom stereocenters. The molecule has 0 aliphatic carbocycles. The molecule has 0 saturated carbocycles. The van der Waals surface area contributed by atoms with E-state index in [2.05, 4.69) is 276 Å². The van der Waals surface area contributed by atoms with Crippen molar-refractivity contribution < 1.29 is 31.4 Å². The van der Waals surface area contributed by atoms with E-state index in [1.54, 1.807) is 36.1 Å². The minimum Gasteiger partial charge on any atom is -0.417 e. The van der Waals surface area contributed by atoms with Gasteiger partial charge in [0.05, 0.1) is 95.8 Å². The molecule has 0 spiro atoms. The summed E-state index contributed by atoms with van der Waals surface area (Å²) in [5, 5.41) is 5.59. The largest absolute Gasteiger partial charge is 0.417 e. The zero-order valence-electron chi connectivity index (χ0n) is 71.9. The number of imidazole rings is 5. The van der Waals surface area contributed by atoms with Crippen LogP contribution in [-0.2, 0) is 53.8 Å². The quantitative estimate of drug-likeness (QED) is 0.148. The van der Waals surface area contributed by atoms with Crippen LogP contribution in [-0.4, -0.2) is 86.4 Å². The van der Waals surface area contributed by atoms with E-state index in [1.807, 2.05) is 139 Å². The van der Waals surface area contributed by atoms with E-state index in [0.29, 0.717) is 17.7 Å². The minimum atomic E-state index is -2.28. The van der Waals surface area contributed by atoms with Crippen molar-refractivity contribution in [3.63, 3.8) is 0 Å². The topological polar surface area (TPSA) is 201 Å². The molecule has 24 nitrogen and oxygen atoms in total. The molecule has 20 aromatic heterocycles. The van der Waals surface area contributed by atoms with Crippen LogP contribution in [0.4, 0.5) is 0 Å². The molecule has 0 N–H and O–H groups in total. The molecule has 5 aliphatic rings. The van der Waals surface area contributed by atoms with E-state index in [0.717, 1.165) is 162 Å². The number of rotatable bonds is 5. The number of hydrogen-bond acceptors (Lipinski definition) is 12. The van der Waals surface area contributed by atoms with Crippen LogP contribution in [0.25, 0.3) is 195 Å². The van der Waals surface area contributed by atoms with Crippen LogP contribution in [0.1, 0.15) is 31.9 Å². The highest BCUT2D eigenvalue weighted by atomic mass is 32.1. The lowest BCUT2D eigenvalue weighted by Gasteiger charge is -2.04. The second-order valence-electron chi connectivity index (χ2n) is 32.4. The van der Waals surface area contributed by atoms with Crippen molar-refractivity contribution in [2.75, 3.05) is 0 Å². The Bertz CT molecular complexity index is 8790. The highest BCUT2D eigenvalue weighted by Gasteiger charge is 2.44. The predicted octanol–water partition coefficient (Wildman–Crippen LogP) is 17.1. The Morgan fingerprint density at radius 1 is 0.289 bits per heavy atom. The first-order valence-corrected chi connectivity index (χ1v) is 43.2. The number of para-hydroxylation sites is 5. The molecule has 0 atom stereocenters. The number of hydrogen-bond donors (Lipinski definition) is 0. The summed E-state index contributed by atoms with van der Waals surface area (Å²) >= 11 is 1.80. The molecule has 25 heterocycles. The Morgan fingerprint density at radius 3 is 1.14 bits per heavy atom. The molecule has 608 valence electrons. The van der Waals surface area contributed by atoms with Crippen LogP contribution in [0.2, 0.25) is 0 Å². The Hall–Kier alpha value is -16.9. The maximum atomic E-state index is 8.02. The van der Waals surface area contributed by atoms with Crippen LogP contribution in [0, 0.1) is 0 Å². The summed E-state index contributed by atoms with van der Waals surface area (Å²) in [5.74, 6) is 5.43. The van der Waals surface area contributed by atoms with Gasteiger partial charge < -0.3 is 4.42 Å². The van der Waals surface area contributed by atoms with Gasteiger partial charge in [-0.1, -0.05) is 133 Å². The van der Waals surface area contributed by atoms with Crippen LogP contribution in [0.15, 0.2) is 340 Å². The molecule has 0 amide bonds. The first-order valence-electron chi connectivity index (χ1n) is 43.8.